The lowest BCUT2D eigenvalue weighted by atomic mass is 9.65. The van der Waals surface area contributed by atoms with E-state index in [1.54, 1.807) is 24.3 Å². The van der Waals surface area contributed by atoms with Gasteiger partial charge in [0.15, 0.2) is 29.1 Å². The monoisotopic (exact) mass is 616 g/mol. The van der Waals surface area contributed by atoms with Crippen molar-refractivity contribution in [3.63, 3.8) is 0 Å². The van der Waals surface area contributed by atoms with Crippen LogP contribution in [0.3, 0.4) is 0 Å². The first kappa shape index (κ1) is 35.8. The number of nitriles is 1. The maximum absolute atomic E-state index is 12.5. The molecule has 242 valence electrons. The molecule has 0 aliphatic heterocycles. The molecule has 0 bridgehead atoms. The first-order valence-electron chi connectivity index (χ1n) is 14.4. The minimum Gasteiger partial charge on any atom is -0.493 e. The minimum atomic E-state index is -1.31. The van der Waals surface area contributed by atoms with Crippen molar-refractivity contribution in [2.45, 2.75) is 70.4 Å². The van der Waals surface area contributed by atoms with E-state index in [4.69, 9.17) is 33.2 Å². The fourth-order valence-corrected chi connectivity index (χ4v) is 5.92. The van der Waals surface area contributed by atoms with Crippen molar-refractivity contribution in [3.05, 3.63) is 45.5 Å². The van der Waals surface area contributed by atoms with E-state index < -0.39 is 28.5 Å². The van der Waals surface area contributed by atoms with Crippen molar-refractivity contribution in [1.29, 1.82) is 5.26 Å². The van der Waals surface area contributed by atoms with Gasteiger partial charge in [0.1, 0.15) is 0 Å². The molecule has 44 heavy (non-hydrogen) atoms. The Kier molecular flexibility index (Phi) is 13.4. The largest absolute Gasteiger partial charge is 0.493 e. The van der Waals surface area contributed by atoms with E-state index in [-0.39, 0.29) is 30.9 Å². The normalized spacial score (nSPS) is 13.6. The summed E-state index contributed by atoms with van der Waals surface area (Å²) in [5, 5.41) is 23.4. The summed E-state index contributed by atoms with van der Waals surface area (Å²) < 4.78 is 38.9. The third-order valence-corrected chi connectivity index (χ3v) is 8.08. The average Bonchev–Trinajstić information content (AvgIpc) is 3.03. The van der Waals surface area contributed by atoms with Crippen LogP contribution in [0.5, 0.6) is 34.5 Å². The molecule has 12 heteroatoms. The molecule has 3 atom stereocenters. The molecule has 0 aliphatic rings. The van der Waals surface area contributed by atoms with Gasteiger partial charge < -0.3 is 33.2 Å². The molecular formula is C32H44N2O10. The van der Waals surface area contributed by atoms with E-state index in [0.717, 1.165) is 0 Å². The van der Waals surface area contributed by atoms with E-state index >= 15 is 0 Å². The van der Waals surface area contributed by atoms with Crippen molar-refractivity contribution >= 4 is 5.97 Å². The zero-order chi connectivity index (χ0) is 33.0. The molecule has 0 radical (unpaired) electrons. The van der Waals surface area contributed by atoms with Crippen LogP contribution in [0.15, 0.2) is 24.3 Å². The predicted molar refractivity (Wildman–Crippen MR) is 163 cm³/mol. The van der Waals surface area contributed by atoms with E-state index in [9.17, 15) is 20.2 Å². The van der Waals surface area contributed by atoms with Gasteiger partial charge in [0.2, 0.25) is 11.5 Å². The highest BCUT2D eigenvalue weighted by molar-refractivity contribution is 5.66. The number of nitrogens with zero attached hydrogens (tertiary/aromatic N) is 2. The highest BCUT2D eigenvalue weighted by Gasteiger charge is 2.46. The lowest BCUT2D eigenvalue weighted by molar-refractivity contribution is -0.533. The summed E-state index contributed by atoms with van der Waals surface area (Å²) in [6, 6.07) is 7.94. The summed E-state index contributed by atoms with van der Waals surface area (Å²) in [6.45, 7) is 5.16. The molecule has 2 rings (SSSR count). The zero-order valence-electron chi connectivity index (χ0n) is 27.1. The molecular weight excluding hydrogens is 572 g/mol. The van der Waals surface area contributed by atoms with Crippen LogP contribution in [-0.4, -0.2) is 65.7 Å². The Labute approximate surface area is 259 Å². The summed E-state index contributed by atoms with van der Waals surface area (Å²) in [7, 11) is 8.85. The Morgan fingerprint density at radius 2 is 1.48 bits per heavy atom. The van der Waals surface area contributed by atoms with Crippen LogP contribution < -0.4 is 28.4 Å². The maximum Gasteiger partial charge on any atom is 0.303 e. The van der Waals surface area contributed by atoms with Gasteiger partial charge in [0.05, 0.1) is 54.1 Å². The number of carbonyl (C=O) groups is 1. The van der Waals surface area contributed by atoms with Gasteiger partial charge >= 0.3 is 5.97 Å². The number of nitro groups is 1. The van der Waals surface area contributed by atoms with Gasteiger partial charge in [-0.15, -0.1) is 0 Å². The topological polar surface area (TPSA) is 149 Å². The number of esters is 1. The number of hydrogen-bond donors (Lipinski definition) is 0. The Hall–Kier alpha value is -4.40. The molecule has 0 saturated heterocycles. The Morgan fingerprint density at radius 3 is 1.93 bits per heavy atom. The molecule has 0 N–H and O–H groups in total. The van der Waals surface area contributed by atoms with Crippen molar-refractivity contribution in [2.75, 3.05) is 42.7 Å². The van der Waals surface area contributed by atoms with Crippen LogP contribution in [0, 0.1) is 27.4 Å². The summed E-state index contributed by atoms with van der Waals surface area (Å²) in [5.41, 5.74) is -0.144. The van der Waals surface area contributed by atoms with Crippen LogP contribution in [0.1, 0.15) is 57.6 Å². The highest BCUT2D eigenvalue weighted by atomic mass is 16.6. The number of ether oxygens (including phenoxy) is 7. The zero-order valence-corrected chi connectivity index (χ0v) is 27.1. The second-order valence-electron chi connectivity index (χ2n) is 10.3. The van der Waals surface area contributed by atoms with Gasteiger partial charge in [-0.3, -0.25) is 14.9 Å². The smallest absolute Gasteiger partial charge is 0.303 e. The first-order valence-corrected chi connectivity index (χ1v) is 14.4. The number of rotatable bonds is 18. The van der Waals surface area contributed by atoms with Crippen LogP contribution in [0.2, 0.25) is 0 Å². The highest BCUT2D eigenvalue weighted by Crippen LogP contribution is 2.53. The molecule has 0 aromatic heterocycles. The Bertz CT molecular complexity index is 1320. The van der Waals surface area contributed by atoms with E-state index in [2.05, 4.69) is 6.07 Å². The van der Waals surface area contributed by atoms with Crippen LogP contribution in [0.25, 0.3) is 0 Å². The van der Waals surface area contributed by atoms with Crippen LogP contribution in [0.4, 0.5) is 0 Å². The minimum absolute atomic E-state index is 0.0163. The van der Waals surface area contributed by atoms with Crippen molar-refractivity contribution in [3.8, 4) is 40.6 Å². The SMILES string of the molecule is CCC(CC)C(C#N)(CCC(OC(C)=O)C(Cc1ccc(OC)c(OC)c1)[N+](=O)[O-])c1cc(OC)c(OC)c(OC)c1OC. The Balaban J connectivity index is 2.71. The van der Waals surface area contributed by atoms with E-state index in [1.807, 2.05) is 13.8 Å². The number of carbonyl (C=O) groups excluding carboxylic acids is 1. The molecule has 0 saturated carbocycles. The molecule has 3 unspecified atom stereocenters. The second-order valence-corrected chi connectivity index (χ2v) is 10.3. The van der Waals surface area contributed by atoms with Gasteiger partial charge in [-0.05, 0) is 42.5 Å². The van der Waals surface area contributed by atoms with Gasteiger partial charge in [-0.2, -0.15) is 5.26 Å². The number of benzene rings is 2. The molecule has 12 nitrogen and oxygen atoms in total. The van der Waals surface area contributed by atoms with Crippen LogP contribution >= 0.6 is 0 Å². The fraction of sp³-hybridized carbons (Fsp3) is 0.562. The summed E-state index contributed by atoms with van der Waals surface area (Å²) in [5.74, 6) is 1.21. The van der Waals surface area contributed by atoms with E-state index in [0.29, 0.717) is 52.7 Å². The lowest BCUT2D eigenvalue weighted by Gasteiger charge is -2.37. The van der Waals surface area contributed by atoms with Gasteiger partial charge in [0.25, 0.3) is 6.04 Å². The van der Waals surface area contributed by atoms with Gasteiger partial charge in [-0.1, -0.05) is 32.8 Å². The molecule has 0 amide bonds. The maximum atomic E-state index is 12.5. The Morgan fingerprint density at radius 1 is 0.886 bits per heavy atom. The average molecular weight is 617 g/mol. The van der Waals surface area contributed by atoms with Gasteiger partial charge in [-0.25, -0.2) is 0 Å². The first-order chi connectivity index (χ1) is 21.0. The molecule has 0 spiro atoms. The summed E-state index contributed by atoms with van der Waals surface area (Å²) in [6.07, 6.45) is 0.162. The van der Waals surface area contributed by atoms with E-state index in [1.165, 1.54) is 49.6 Å². The molecule has 2 aromatic carbocycles. The van der Waals surface area contributed by atoms with Crippen molar-refractivity contribution in [2.24, 2.45) is 5.92 Å². The molecule has 0 fully saturated rings. The van der Waals surface area contributed by atoms with Gasteiger partial charge in [0, 0.05) is 23.8 Å². The molecule has 0 aliphatic carbocycles. The second kappa shape index (κ2) is 16.4. The summed E-state index contributed by atoms with van der Waals surface area (Å²) in [4.78, 5) is 24.3. The third kappa shape index (κ3) is 7.56. The third-order valence-electron chi connectivity index (χ3n) is 8.08. The summed E-state index contributed by atoms with van der Waals surface area (Å²) >= 11 is 0. The fourth-order valence-electron chi connectivity index (χ4n) is 5.92. The molecule has 0 heterocycles. The van der Waals surface area contributed by atoms with Crippen LogP contribution in [-0.2, 0) is 21.4 Å². The number of hydrogen-bond acceptors (Lipinski definition) is 11. The standard InChI is InChI=1S/C32H44N2O10/c1-10-22(11-2)32(19-33,23-18-28(40-6)30(42-8)31(43-9)29(23)41-7)15-14-25(44-20(3)35)24(34(36)37)16-21-12-13-26(38-4)27(17-21)39-5/h12-13,17-18,22,24-25H,10-11,14-16H2,1-9H3. The molecule has 2 aromatic rings. The van der Waals surface area contributed by atoms with Crippen molar-refractivity contribution < 1.29 is 42.9 Å². The quantitative estimate of drug-likeness (QED) is 0.118. The van der Waals surface area contributed by atoms with Crippen molar-refractivity contribution in [1.82, 2.24) is 0 Å². The number of methoxy groups -OCH3 is 6. The lowest BCUT2D eigenvalue weighted by Crippen LogP contribution is -2.41. The predicted octanol–water partition coefficient (Wildman–Crippen LogP) is 5.54.